The third-order valence-corrected chi connectivity index (χ3v) is 2.49. The molecule has 0 aliphatic heterocycles. The zero-order valence-corrected chi connectivity index (χ0v) is 12.6. The Kier molecular flexibility index (Phi) is 9.25. The first-order valence-corrected chi connectivity index (χ1v) is 5.82. The van der Waals surface area contributed by atoms with Crippen molar-refractivity contribution in [2.45, 2.75) is 12.3 Å². The third-order valence-electron chi connectivity index (χ3n) is 2.20. The Morgan fingerprint density at radius 1 is 1.29 bits per heavy atom. The number of hydrogen-bond donors (Lipinski definition) is 0. The molecule has 0 fully saturated rings. The summed E-state index contributed by atoms with van der Waals surface area (Å²) in [5, 5.41) is 0. The van der Waals surface area contributed by atoms with Crippen molar-refractivity contribution in [3.63, 3.8) is 0 Å². The maximum absolute atomic E-state index is 5.75. The molecule has 0 spiro atoms. The van der Waals surface area contributed by atoms with Crippen molar-refractivity contribution in [2.24, 2.45) is 0 Å². The normalized spacial score (nSPS) is 11.5. The minimum Gasteiger partial charge on any atom is -0.377 e. The van der Waals surface area contributed by atoms with Crippen LogP contribution in [0.5, 0.6) is 0 Å². The molecule has 0 unspecified atom stereocenters. The van der Waals surface area contributed by atoms with Crippen LogP contribution in [0.1, 0.15) is 12.0 Å². The molecule has 1 aliphatic carbocycles. The fraction of sp³-hybridized carbons (Fsp3) is 0.286. The van der Waals surface area contributed by atoms with Crippen molar-refractivity contribution >= 4 is 17.3 Å². The second kappa shape index (κ2) is 9.53. The van der Waals surface area contributed by atoms with E-state index in [9.17, 15) is 0 Å². The second-order valence-corrected chi connectivity index (χ2v) is 3.93. The number of benzene rings is 1. The molecule has 0 saturated heterocycles. The third kappa shape index (κ3) is 6.11. The van der Waals surface area contributed by atoms with Gasteiger partial charge in [-0.2, -0.15) is 6.08 Å². The van der Waals surface area contributed by atoms with Gasteiger partial charge < -0.3 is 4.90 Å². The molecule has 1 aromatic rings. The fourth-order valence-corrected chi connectivity index (χ4v) is 1.63. The van der Waals surface area contributed by atoms with E-state index in [1.54, 1.807) is 0 Å². The zero-order valence-electron chi connectivity index (χ0n) is 10.3. The minimum atomic E-state index is 0. The number of allylic oxidation sites excluding steroid dienone is 4. The van der Waals surface area contributed by atoms with Crippen LogP contribution in [0, 0.1) is 6.08 Å². The molecule has 0 bridgehead atoms. The summed E-state index contributed by atoms with van der Waals surface area (Å²) in [5.74, 6) is 0.578. The van der Waals surface area contributed by atoms with Crippen LogP contribution in [0.2, 0.25) is 0 Å². The number of para-hydroxylation sites is 1. The molecular weight excluding hydrogens is 265 g/mol. The molecule has 1 aromatic carbocycles. The van der Waals surface area contributed by atoms with E-state index in [4.69, 9.17) is 11.6 Å². The van der Waals surface area contributed by atoms with Crippen molar-refractivity contribution in [3.05, 3.63) is 54.1 Å². The number of alkyl halides is 1. The molecular formula is C14H17ClNTi-. The zero-order chi connectivity index (χ0) is 11.8. The average Bonchev–Trinajstić information content (AvgIpc) is 2.87. The quantitative estimate of drug-likeness (QED) is 0.453. The van der Waals surface area contributed by atoms with Crippen molar-refractivity contribution < 1.29 is 21.7 Å². The minimum absolute atomic E-state index is 0. The average molecular weight is 283 g/mol. The fourth-order valence-electron chi connectivity index (χ4n) is 1.40. The molecule has 0 heterocycles. The van der Waals surface area contributed by atoms with Gasteiger partial charge in [0.1, 0.15) is 0 Å². The number of nitrogens with zero attached hydrogens (tertiary/aromatic N) is 1. The molecule has 0 N–H and O–H groups in total. The Hall–Kier alpha value is -0.496. The van der Waals surface area contributed by atoms with E-state index in [1.807, 2.05) is 44.4 Å². The van der Waals surface area contributed by atoms with Crippen LogP contribution in [-0.2, 0) is 27.6 Å². The van der Waals surface area contributed by atoms with Gasteiger partial charge in [0.05, 0.1) is 0 Å². The second-order valence-electron chi connectivity index (χ2n) is 3.66. The predicted molar refractivity (Wildman–Crippen MR) is 71.9 cm³/mol. The van der Waals surface area contributed by atoms with E-state index in [0.717, 1.165) is 6.42 Å². The number of rotatable bonds is 2. The van der Waals surface area contributed by atoms with Gasteiger partial charge in [0, 0.05) is 47.4 Å². The Labute approximate surface area is 124 Å². The number of anilines is 1. The van der Waals surface area contributed by atoms with Gasteiger partial charge in [0.2, 0.25) is 0 Å². The van der Waals surface area contributed by atoms with Gasteiger partial charge in [-0.15, -0.1) is 18.0 Å². The van der Waals surface area contributed by atoms with Gasteiger partial charge in [0.25, 0.3) is 0 Å². The van der Waals surface area contributed by atoms with E-state index >= 15 is 0 Å². The van der Waals surface area contributed by atoms with Crippen LogP contribution in [0.25, 0.3) is 0 Å². The summed E-state index contributed by atoms with van der Waals surface area (Å²) < 4.78 is 0. The van der Waals surface area contributed by atoms with Crippen LogP contribution in [0.15, 0.2) is 42.5 Å². The van der Waals surface area contributed by atoms with E-state index < -0.39 is 0 Å². The number of hydrogen-bond acceptors (Lipinski definition) is 1. The van der Waals surface area contributed by atoms with Gasteiger partial charge >= 0.3 is 0 Å². The van der Waals surface area contributed by atoms with Crippen LogP contribution >= 0.6 is 11.6 Å². The van der Waals surface area contributed by atoms with Crippen molar-refractivity contribution in [1.29, 1.82) is 0 Å². The molecule has 1 aliphatic rings. The monoisotopic (exact) mass is 282 g/mol. The van der Waals surface area contributed by atoms with Crippen LogP contribution in [-0.4, -0.2) is 14.1 Å². The molecule has 17 heavy (non-hydrogen) atoms. The van der Waals surface area contributed by atoms with Gasteiger partial charge in [-0.1, -0.05) is 18.2 Å². The van der Waals surface area contributed by atoms with Gasteiger partial charge in [-0.25, -0.2) is 12.2 Å². The maximum atomic E-state index is 5.75. The largest absolute Gasteiger partial charge is 0.377 e. The Bertz CT molecular complexity index is 362. The van der Waals surface area contributed by atoms with Gasteiger partial charge in [-0.05, 0) is 11.6 Å². The SMILES string of the molecule is CN(C)c1ccccc1CCl.[C-]1=CC=CC1.[Ti]. The maximum Gasteiger partial charge on any atom is 0.0494 e. The Morgan fingerprint density at radius 3 is 2.35 bits per heavy atom. The first-order chi connectivity index (χ1) is 7.75. The van der Waals surface area contributed by atoms with Crippen LogP contribution < -0.4 is 4.90 Å². The van der Waals surface area contributed by atoms with E-state index in [1.165, 1.54) is 11.3 Å². The summed E-state index contributed by atoms with van der Waals surface area (Å²) >= 11 is 5.75. The molecule has 0 aromatic heterocycles. The van der Waals surface area contributed by atoms with Crippen LogP contribution in [0.3, 0.4) is 0 Å². The Morgan fingerprint density at radius 2 is 2.00 bits per heavy atom. The summed E-state index contributed by atoms with van der Waals surface area (Å²) in [4.78, 5) is 2.07. The molecule has 0 amide bonds. The first kappa shape index (κ1) is 16.5. The molecule has 2 rings (SSSR count). The smallest absolute Gasteiger partial charge is 0.0494 e. The standard InChI is InChI=1S/C9H12ClN.C5H5.Ti/c1-11(2)9-6-4-3-5-8(9)7-10;1-2-4-5-3-1;/h3-6H,7H2,1-2H3;1-3H,4H2;/q;-1;. The van der Waals surface area contributed by atoms with Gasteiger partial charge in [0.15, 0.2) is 0 Å². The molecule has 0 radical (unpaired) electrons. The first-order valence-electron chi connectivity index (χ1n) is 5.28. The molecule has 0 atom stereocenters. The van der Waals surface area contributed by atoms with Gasteiger partial charge in [-0.3, -0.25) is 6.08 Å². The van der Waals surface area contributed by atoms with E-state index in [2.05, 4.69) is 23.1 Å². The van der Waals surface area contributed by atoms with Crippen LogP contribution in [0.4, 0.5) is 5.69 Å². The predicted octanol–water partition coefficient (Wildman–Crippen LogP) is 3.79. The number of halogens is 1. The molecule has 0 saturated carbocycles. The molecule has 90 valence electrons. The summed E-state index contributed by atoms with van der Waals surface area (Å²) in [6, 6.07) is 8.14. The summed E-state index contributed by atoms with van der Waals surface area (Å²) in [6.07, 6.45) is 10.0. The van der Waals surface area contributed by atoms with Crippen molar-refractivity contribution in [3.8, 4) is 0 Å². The van der Waals surface area contributed by atoms with Crippen molar-refractivity contribution in [2.75, 3.05) is 19.0 Å². The van der Waals surface area contributed by atoms with Crippen molar-refractivity contribution in [1.82, 2.24) is 0 Å². The molecule has 3 heteroatoms. The summed E-state index contributed by atoms with van der Waals surface area (Å²) in [5.41, 5.74) is 2.38. The van der Waals surface area contributed by atoms with E-state index in [-0.39, 0.29) is 21.7 Å². The summed E-state index contributed by atoms with van der Waals surface area (Å²) in [7, 11) is 4.04. The molecule has 1 nitrogen and oxygen atoms in total. The topological polar surface area (TPSA) is 3.24 Å². The van der Waals surface area contributed by atoms with E-state index in [0.29, 0.717) is 5.88 Å². The summed E-state index contributed by atoms with van der Waals surface area (Å²) in [6.45, 7) is 0. The Balaban J connectivity index is 0.000000360.